The highest BCUT2D eigenvalue weighted by molar-refractivity contribution is 6.00. The summed E-state index contributed by atoms with van der Waals surface area (Å²) in [5.74, 6) is -0.283. The molecule has 0 fully saturated rings. The normalized spacial score (nSPS) is 11.9. The van der Waals surface area contributed by atoms with Gasteiger partial charge in [-0.1, -0.05) is 75.4 Å². The first-order chi connectivity index (χ1) is 25.0. The number of aryl methyl sites for hydroxylation is 1. The average molecular weight is 713 g/mol. The number of carboxylic acid groups (broad SMARTS) is 1. The van der Waals surface area contributed by atoms with Crippen molar-refractivity contribution in [3.8, 4) is 16.9 Å². The number of carbonyl (C=O) groups excluding carboxylic acids is 2. The number of carboxylic acids is 1. The molecule has 0 spiro atoms. The van der Waals surface area contributed by atoms with E-state index < -0.39 is 17.9 Å². The Morgan fingerprint density at radius 1 is 0.846 bits per heavy atom. The highest BCUT2D eigenvalue weighted by atomic mass is 16.5. The van der Waals surface area contributed by atoms with E-state index in [0.29, 0.717) is 45.0 Å². The monoisotopic (exact) mass is 712 g/mol. The van der Waals surface area contributed by atoms with Crippen molar-refractivity contribution in [2.45, 2.75) is 59.4 Å². The van der Waals surface area contributed by atoms with Gasteiger partial charge in [0.1, 0.15) is 18.2 Å². The number of rotatable bonds is 21. The maximum Gasteiger partial charge on any atom is 0.305 e. The van der Waals surface area contributed by atoms with Crippen molar-refractivity contribution >= 4 is 34.4 Å². The van der Waals surface area contributed by atoms with Gasteiger partial charge < -0.3 is 35.3 Å². The standard InChI is InChI=1S/C41H52N4O7/c1-29-17-20-43-37(26-29)42-19-7-10-38(46)44-28-39(47)45-35(27-40(48)49)31-13-11-30(12-14-31)32-15-16-36(34-9-6-5-8-33(32)34)52-25-24-51-23-22-50-21-18-41(2,3)4/h5-6,8-9,11-17,20,26,35H,7,10,18-19,21-25,27-28H2,1-4H3,(H,42,43)(H,44,46)(H,45,47)(H,48,49)/t35-/m0/s1. The zero-order chi connectivity index (χ0) is 37.3. The molecule has 1 atom stereocenters. The average Bonchev–Trinajstić information content (AvgIpc) is 3.11. The summed E-state index contributed by atoms with van der Waals surface area (Å²) in [5, 5.41) is 20.1. The van der Waals surface area contributed by atoms with E-state index in [0.717, 1.165) is 52.1 Å². The van der Waals surface area contributed by atoms with Crippen molar-refractivity contribution in [2.75, 3.05) is 51.4 Å². The number of benzene rings is 3. The van der Waals surface area contributed by atoms with Crippen LogP contribution < -0.4 is 20.7 Å². The zero-order valence-electron chi connectivity index (χ0n) is 30.7. The molecule has 0 aliphatic carbocycles. The third kappa shape index (κ3) is 13.6. The Labute approximate surface area is 306 Å². The van der Waals surface area contributed by atoms with Crippen molar-refractivity contribution in [3.63, 3.8) is 0 Å². The molecule has 0 radical (unpaired) electrons. The molecule has 4 aromatic rings. The molecule has 0 aliphatic rings. The van der Waals surface area contributed by atoms with E-state index in [1.54, 1.807) is 6.20 Å². The third-order valence-electron chi connectivity index (χ3n) is 8.32. The van der Waals surface area contributed by atoms with Crippen LogP contribution in [-0.2, 0) is 23.9 Å². The molecule has 0 saturated heterocycles. The summed E-state index contributed by atoms with van der Waals surface area (Å²) >= 11 is 0. The Balaban J connectivity index is 1.27. The summed E-state index contributed by atoms with van der Waals surface area (Å²) in [7, 11) is 0. The molecule has 0 unspecified atom stereocenters. The molecule has 2 amide bonds. The molecule has 52 heavy (non-hydrogen) atoms. The van der Waals surface area contributed by atoms with Gasteiger partial charge >= 0.3 is 5.97 Å². The second-order valence-corrected chi connectivity index (χ2v) is 13.9. The summed E-state index contributed by atoms with van der Waals surface area (Å²) < 4.78 is 17.4. The van der Waals surface area contributed by atoms with Crippen molar-refractivity contribution in [2.24, 2.45) is 5.41 Å². The van der Waals surface area contributed by atoms with Gasteiger partial charge in [-0.3, -0.25) is 14.4 Å². The summed E-state index contributed by atoms with van der Waals surface area (Å²) in [5.41, 5.74) is 3.91. The fraction of sp³-hybridized carbons (Fsp3) is 0.415. The van der Waals surface area contributed by atoms with Crippen LogP contribution in [-0.4, -0.2) is 74.0 Å². The maximum atomic E-state index is 12.8. The van der Waals surface area contributed by atoms with Crippen molar-refractivity contribution in [3.05, 3.63) is 90.1 Å². The van der Waals surface area contributed by atoms with Gasteiger partial charge in [0.25, 0.3) is 0 Å². The zero-order valence-corrected chi connectivity index (χ0v) is 30.7. The number of carbonyl (C=O) groups is 3. The Morgan fingerprint density at radius 2 is 1.56 bits per heavy atom. The van der Waals surface area contributed by atoms with E-state index in [4.69, 9.17) is 14.2 Å². The van der Waals surface area contributed by atoms with Crippen LogP contribution in [0.1, 0.15) is 63.6 Å². The molecule has 11 heteroatoms. The lowest BCUT2D eigenvalue weighted by Gasteiger charge is -2.19. The Bertz CT molecular complexity index is 1750. The first-order valence-corrected chi connectivity index (χ1v) is 17.8. The highest BCUT2D eigenvalue weighted by Gasteiger charge is 2.19. The second-order valence-electron chi connectivity index (χ2n) is 13.9. The molecule has 0 saturated carbocycles. The van der Waals surface area contributed by atoms with Crippen molar-refractivity contribution in [1.82, 2.24) is 15.6 Å². The number of hydrogen-bond acceptors (Lipinski definition) is 8. The van der Waals surface area contributed by atoms with Gasteiger partial charge in [0.2, 0.25) is 11.8 Å². The quantitative estimate of drug-likeness (QED) is 0.0693. The minimum Gasteiger partial charge on any atom is -0.491 e. The summed E-state index contributed by atoms with van der Waals surface area (Å²) in [4.78, 5) is 41.0. The lowest BCUT2D eigenvalue weighted by molar-refractivity contribution is -0.138. The van der Waals surface area contributed by atoms with E-state index in [2.05, 4.69) is 41.7 Å². The van der Waals surface area contributed by atoms with Gasteiger partial charge in [-0.05, 0) is 71.0 Å². The van der Waals surface area contributed by atoms with E-state index in [9.17, 15) is 19.5 Å². The van der Waals surface area contributed by atoms with Crippen molar-refractivity contribution in [1.29, 1.82) is 0 Å². The predicted octanol–water partition coefficient (Wildman–Crippen LogP) is 6.70. The molecule has 278 valence electrons. The molecule has 4 rings (SSSR count). The number of fused-ring (bicyclic) bond motifs is 1. The minimum atomic E-state index is -1.05. The van der Waals surface area contributed by atoms with Crippen LogP contribution in [0.3, 0.4) is 0 Å². The van der Waals surface area contributed by atoms with Gasteiger partial charge in [0, 0.05) is 31.2 Å². The van der Waals surface area contributed by atoms with Gasteiger partial charge in [-0.15, -0.1) is 0 Å². The van der Waals surface area contributed by atoms with Crippen LogP contribution in [0.4, 0.5) is 5.82 Å². The SMILES string of the molecule is Cc1ccnc(NCCCC(=O)NCC(=O)N[C@@H](CC(=O)O)c2ccc(-c3ccc(OCCOCCOCCC(C)(C)C)c4ccccc34)cc2)c1. The summed E-state index contributed by atoms with van der Waals surface area (Å²) in [6, 6.07) is 22.5. The van der Waals surface area contributed by atoms with Gasteiger partial charge in [-0.25, -0.2) is 4.98 Å². The smallest absolute Gasteiger partial charge is 0.305 e. The summed E-state index contributed by atoms with van der Waals surface area (Å²) in [6.45, 7) is 11.5. The highest BCUT2D eigenvalue weighted by Crippen LogP contribution is 2.35. The van der Waals surface area contributed by atoms with Gasteiger partial charge in [0.15, 0.2) is 0 Å². The Kier molecular flexibility index (Phi) is 15.4. The van der Waals surface area contributed by atoms with E-state index in [1.165, 1.54) is 0 Å². The van der Waals surface area contributed by atoms with E-state index in [-0.39, 0.29) is 30.7 Å². The van der Waals surface area contributed by atoms with Crippen LogP contribution in [0.25, 0.3) is 21.9 Å². The number of pyridine rings is 1. The van der Waals surface area contributed by atoms with Crippen molar-refractivity contribution < 1.29 is 33.7 Å². The van der Waals surface area contributed by atoms with E-state index in [1.807, 2.05) is 79.7 Å². The molecular weight excluding hydrogens is 660 g/mol. The molecule has 1 aromatic heterocycles. The predicted molar refractivity (Wildman–Crippen MR) is 203 cm³/mol. The molecule has 1 heterocycles. The molecule has 0 aliphatic heterocycles. The number of aliphatic carboxylic acids is 1. The Hall–Kier alpha value is -5.00. The molecular formula is C41H52N4O7. The first kappa shape index (κ1) is 39.8. The molecule has 4 N–H and O–H groups in total. The lowest BCUT2D eigenvalue weighted by Crippen LogP contribution is -2.39. The van der Waals surface area contributed by atoms with Crippen LogP contribution in [0.2, 0.25) is 0 Å². The Morgan fingerprint density at radius 3 is 2.27 bits per heavy atom. The first-order valence-electron chi connectivity index (χ1n) is 17.8. The maximum absolute atomic E-state index is 12.8. The third-order valence-corrected chi connectivity index (χ3v) is 8.32. The van der Waals surface area contributed by atoms with Crippen LogP contribution in [0.15, 0.2) is 79.0 Å². The number of nitrogens with zero attached hydrogens (tertiary/aromatic N) is 1. The fourth-order valence-electron chi connectivity index (χ4n) is 5.49. The lowest BCUT2D eigenvalue weighted by atomic mass is 9.93. The largest absolute Gasteiger partial charge is 0.491 e. The van der Waals surface area contributed by atoms with Crippen LogP contribution in [0, 0.1) is 12.3 Å². The number of ether oxygens (including phenoxy) is 3. The van der Waals surface area contributed by atoms with Gasteiger partial charge in [-0.2, -0.15) is 0 Å². The number of nitrogens with one attached hydrogen (secondary N) is 3. The minimum absolute atomic E-state index is 0.232. The van der Waals surface area contributed by atoms with Gasteiger partial charge in [0.05, 0.1) is 38.8 Å². The van der Waals surface area contributed by atoms with E-state index >= 15 is 0 Å². The van der Waals surface area contributed by atoms with Crippen LogP contribution >= 0.6 is 0 Å². The molecule has 11 nitrogen and oxygen atoms in total. The number of aromatic nitrogens is 1. The fourth-order valence-corrected chi connectivity index (χ4v) is 5.49. The molecule has 0 bridgehead atoms. The topological polar surface area (TPSA) is 148 Å². The second kappa shape index (κ2) is 20.1. The molecule has 3 aromatic carbocycles. The number of anilines is 1. The van der Waals surface area contributed by atoms with Crippen LogP contribution in [0.5, 0.6) is 5.75 Å². The number of amides is 2. The summed E-state index contributed by atoms with van der Waals surface area (Å²) in [6.07, 6.45) is 3.21. The number of hydrogen-bond donors (Lipinski definition) is 4.